The van der Waals surface area contributed by atoms with Crippen LogP contribution in [-0.4, -0.2) is 42.4 Å². The lowest BCUT2D eigenvalue weighted by Gasteiger charge is -2.46. The first-order valence-electron chi connectivity index (χ1n) is 8.19. The van der Waals surface area contributed by atoms with Crippen molar-refractivity contribution in [3.05, 3.63) is 0 Å². The molecule has 2 saturated heterocycles. The molecule has 1 aliphatic carbocycles. The van der Waals surface area contributed by atoms with Gasteiger partial charge >= 0.3 is 0 Å². The molecule has 1 saturated carbocycles. The highest BCUT2D eigenvalue weighted by molar-refractivity contribution is 6.20. The zero-order valence-corrected chi connectivity index (χ0v) is 13.4. The lowest BCUT2D eigenvalue weighted by molar-refractivity contribution is -0.132. The Morgan fingerprint density at radius 2 is 1.85 bits per heavy atom. The minimum absolute atomic E-state index is 0.195. The van der Waals surface area contributed by atoms with Crippen LogP contribution in [0.4, 0.5) is 0 Å². The van der Waals surface area contributed by atoms with Gasteiger partial charge in [0.15, 0.2) is 0 Å². The maximum Gasteiger partial charge on any atom is 0.224 e. The molecule has 0 spiro atoms. The van der Waals surface area contributed by atoms with Crippen LogP contribution in [-0.2, 0) is 4.79 Å². The summed E-state index contributed by atoms with van der Waals surface area (Å²) >= 11 is 6.25. The Labute approximate surface area is 127 Å². The van der Waals surface area contributed by atoms with Crippen molar-refractivity contribution in [2.45, 2.75) is 62.4 Å². The third-order valence-corrected chi connectivity index (χ3v) is 6.61. The summed E-state index contributed by atoms with van der Waals surface area (Å²) in [5.41, 5.74) is 0. The number of nitrogens with one attached hydrogen (secondary N) is 1. The summed E-state index contributed by atoms with van der Waals surface area (Å²) in [7, 11) is 4.00. The Morgan fingerprint density at radius 1 is 1.15 bits per heavy atom. The van der Waals surface area contributed by atoms with Crippen molar-refractivity contribution in [2.75, 3.05) is 14.1 Å². The van der Waals surface area contributed by atoms with Crippen LogP contribution in [0.2, 0.25) is 0 Å². The van der Waals surface area contributed by atoms with Gasteiger partial charge in [0.1, 0.15) is 0 Å². The average molecular weight is 299 g/mol. The van der Waals surface area contributed by atoms with Crippen LogP contribution in [0.5, 0.6) is 0 Å². The number of alkyl halides is 1. The Hall–Kier alpha value is -0.280. The molecule has 1 amide bonds. The summed E-state index contributed by atoms with van der Waals surface area (Å²) in [5.74, 6) is 1.75. The van der Waals surface area contributed by atoms with Crippen LogP contribution in [0, 0.1) is 17.8 Å². The van der Waals surface area contributed by atoms with Gasteiger partial charge in [0, 0.05) is 24.5 Å². The van der Waals surface area contributed by atoms with E-state index in [4.69, 9.17) is 11.6 Å². The average Bonchev–Trinajstić information content (AvgIpc) is 2.70. The monoisotopic (exact) mass is 298 g/mol. The number of nitrogens with zero attached hydrogens (tertiary/aromatic N) is 1. The molecule has 0 radical (unpaired) electrons. The highest BCUT2D eigenvalue weighted by Gasteiger charge is 2.50. The van der Waals surface area contributed by atoms with Crippen LogP contribution in [0.1, 0.15) is 44.9 Å². The van der Waals surface area contributed by atoms with Crippen LogP contribution < -0.4 is 5.32 Å². The Bertz CT molecular complexity index is 367. The Balaban J connectivity index is 1.79. The van der Waals surface area contributed by atoms with E-state index in [2.05, 4.69) is 17.3 Å². The molecule has 4 atom stereocenters. The van der Waals surface area contributed by atoms with E-state index >= 15 is 0 Å². The number of hydrogen-bond donors (Lipinski definition) is 1. The fourth-order valence-electron chi connectivity index (χ4n) is 5.03. The van der Waals surface area contributed by atoms with E-state index in [1.54, 1.807) is 7.05 Å². The summed E-state index contributed by atoms with van der Waals surface area (Å²) in [6.07, 6.45) is 8.38. The normalized spacial score (nSPS) is 45.4. The van der Waals surface area contributed by atoms with Gasteiger partial charge in [-0.2, -0.15) is 0 Å². The number of hydrogen-bond acceptors (Lipinski definition) is 2. The molecule has 1 unspecified atom stereocenters. The number of fused-ring (bicyclic) bond motifs is 2. The third kappa shape index (κ3) is 2.48. The third-order valence-electron chi connectivity index (χ3n) is 6.17. The molecular formula is C16H27ClN2O. The fourth-order valence-corrected chi connectivity index (χ4v) is 5.28. The van der Waals surface area contributed by atoms with E-state index in [0.29, 0.717) is 29.3 Å². The van der Waals surface area contributed by atoms with E-state index < -0.39 is 0 Å². The number of carbonyl (C=O) groups excluding carboxylic acids is 1. The van der Waals surface area contributed by atoms with Crippen LogP contribution in [0.25, 0.3) is 0 Å². The molecule has 3 fully saturated rings. The molecular weight excluding hydrogens is 272 g/mol. The van der Waals surface area contributed by atoms with E-state index in [1.807, 2.05) is 0 Å². The van der Waals surface area contributed by atoms with Crippen molar-refractivity contribution in [1.29, 1.82) is 0 Å². The molecule has 3 nitrogen and oxygen atoms in total. The second-order valence-corrected chi connectivity index (χ2v) is 7.63. The molecule has 3 rings (SSSR count). The number of piperidine rings is 1. The first-order valence-corrected chi connectivity index (χ1v) is 8.63. The summed E-state index contributed by atoms with van der Waals surface area (Å²) in [6.45, 7) is 0. The van der Waals surface area contributed by atoms with Gasteiger partial charge < -0.3 is 5.32 Å². The largest absolute Gasteiger partial charge is 0.359 e. The summed E-state index contributed by atoms with van der Waals surface area (Å²) in [5, 5.41) is 3.29. The summed E-state index contributed by atoms with van der Waals surface area (Å²) in [6, 6.07) is 1.17. The zero-order valence-electron chi connectivity index (χ0n) is 12.6. The topological polar surface area (TPSA) is 32.3 Å². The fraction of sp³-hybridized carbons (Fsp3) is 0.938. The minimum Gasteiger partial charge on any atom is -0.359 e. The molecule has 3 aliphatic rings. The maximum atomic E-state index is 12.5. The van der Waals surface area contributed by atoms with Gasteiger partial charge in [0.2, 0.25) is 5.91 Å². The van der Waals surface area contributed by atoms with Gasteiger partial charge in [-0.3, -0.25) is 9.69 Å². The van der Waals surface area contributed by atoms with Gasteiger partial charge in [-0.15, -0.1) is 11.6 Å². The number of carbonyl (C=O) groups is 1. The number of rotatable bonds is 2. The molecule has 0 aromatic heterocycles. The van der Waals surface area contributed by atoms with Crippen molar-refractivity contribution in [1.82, 2.24) is 10.2 Å². The lowest BCUT2D eigenvalue weighted by atomic mass is 9.68. The highest BCUT2D eigenvalue weighted by Crippen LogP contribution is 2.48. The standard InChI is InChI=1S/C16H27ClN2O/c1-18-16(20)15-13(10-3-5-11(17)6-4-10)9-12-7-8-14(15)19(12)2/h10-15H,3-9H2,1-2H3,(H,18,20)/t10?,11?,12-,13-,14?,15+/m1/s1. The van der Waals surface area contributed by atoms with Gasteiger partial charge in [0.25, 0.3) is 0 Å². The second-order valence-electron chi connectivity index (χ2n) is 7.02. The summed E-state index contributed by atoms with van der Waals surface area (Å²) < 4.78 is 0. The molecule has 4 heteroatoms. The lowest BCUT2D eigenvalue weighted by Crippen LogP contribution is -2.54. The predicted octanol–water partition coefficient (Wildman–Crippen LogP) is 2.63. The Kier molecular flexibility index (Phi) is 4.28. The quantitative estimate of drug-likeness (QED) is 0.795. The molecule has 20 heavy (non-hydrogen) atoms. The van der Waals surface area contributed by atoms with Crippen molar-refractivity contribution in [2.24, 2.45) is 17.8 Å². The summed E-state index contributed by atoms with van der Waals surface area (Å²) in [4.78, 5) is 14.9. The highest BCUT2D eigenvalue weighted by atomic mass is 35.5. The number of halogens is 1. The zero-order chi connectivity index (χ0) is 14.3. The van der Waals surface area contributed by atoms with Crippen LogP contribution >= 0.6 is 11.6 Å². The van der Waals surface area contributed by atoms with E-state index in [0.717, 1.165) is 12.8 Å². The van der Waals surface area contributed by atoms with Crippen molar-refractivity contribution >= 4 is 17.5 Å². The van der Waals surface area contributed by atoms with Gasteiger partial charge in [0.05, 0.1) is 5.92 Å². The van der Waals surface area contributed by atoms with Crippen molar-refractivity contribution < 1.29 is 4.79 Å². The number of amides is 1. The van der Waals surface area contributed by atoms with Crippen LogP contribution in [0.3, 0.4) is 0 Å². The van der Waals surface area contributed by atoms with Crippen molar-refractivity contribution in [3.8, 4) is 0 Å². The molecule has 114 valence electrons. The molecule has 2 bridgehead atoms. The molecule has 2 heterocycles. The van der Waals surface area contributed by atoms with Gasteiger partial charge in [-0.25, -0.2) is 0 Å². The van der Waals surface area contributed by atoms with Gasteiger partial charge in [-0.1, -0.05) is 0 Å². The van der Waals surface area contributed by atoms with Gasteiger partial charge in [-0.05, 0) is 63.8 Å². The maximum absolute atomic E-state index is 12.5. The smallest absolute Gasteiger partial charge is 0.224 e. The second kappa shape index (κ2) is 5.84. The minimum atomic E-state index is 0.195. The first-order chi connectivity index (χ1) is 9.61. The van der Waals surface area contributed by atoms with Crippen molar-refractivity contribution in [3.63, 3.8) is 0 Å². The predicted molar refractivity (Wildman–Crippen MR) is 81.8 cm³/mol. The SMILES string of the molecule is CNC(=O)[C@@H]1C2CC[C@H](C[C@@H]1C1CCC(Cl)CC1)N2C. The first kappa shape index (κ1) is 14.6. The van der Waals surface area contributed by atoms with E-state index in [-0.39, 0.29) is 11.8 Å². The molecule has 2 aliphatic heterocycles. The van der Waals surface area contributed by atoms with E-state index in [9.17, 15) is 4.79 Å². The molecule has 1 N–H and O–H groups in total. The molecule has 0 aromatic rings. The van der Waals surface area contributed by atoms with Crippen LogP contribution in [0.15, 0.2) is 0 Å². The Morgan fingerprint density at radius 3 is 2.50 bits per heavy atom. The molecule has 0 aromatic carbocycles. The van der Waals surface area contributed by atoms with E-state index in [1.165, 1.54) is 32.1 Å².